The predicted molar refractivity (Wildman–Crippen MR) is 44.4 cm³/mol. The molecular weight excluding hydrogens is 206 g/mol. The zero-order chi connectivity index (χ0) is 9.61. The molecule has 0 amide bonds. The molecule has 0 saturated heterocycles. The summed E-state index contributed by atoms with van der Waals surface area (Å²) in [5.74, 6) is 0. The molecule has 74 valence electrons. The van der Waals surface area contributed by atoms with Gasteiger partial charge < -0.3 is 0 Å². The van der Waals surface area contributed by atoms with Gasteiger partial charge in [0.25, 0.3) is 0 Å². The average molecular weight is 218 g/mol. The van der Waals surface area contributed by atoms with Crippen molar-refractivity contribution in [2.75, 3.05) is 13.7 Å². The van der Waals surface area contributed by atoms with E-state index in [1.165, 1.54) is 7.11 Å². The minimum Gasteiger partial charge on any atom is -0.272 e. The highest BCUT2D eigenvalue weighted by atomic mass is 32.2. The second kappa shape index (κ2) is 5.73. The molecule has 0 spiro atoms. The minimum absolute atomic E-state index is 0.0525. The van der Waals surface area contributed by atoms with Gasteiger partial charge in [-0.25, -0.2) is 0 Å². The van der Waals surface area contributed by atoms with Crippen LogP contribution in [0.15, 0.2) is 0 Å². The van der Waals surface area contributed by atoms with Crippen molar-refractivity contribution in [3.8, 4) is 0 Å². The lowest BCUT2D eigenvalue weighted by Gasteiger charge is -2.05. The van der Waals surface area contributed by atoms with Crippen molar-refractivity contribution in [2.45, 2.75) is 19.0 Å². The summed E-state index contributed by atoms with van der Waals surface area (Å²) < 4.78 is 43.8. The topological polar surface area (TPSA) is 35.5 Å². The van der Waals surface area contributed by atoms with Gasteiger partial charge in [0.15, 0.2) is 0 Å². The van der Waals surface area contributed by atoms with E-state index in [1.54, 1.807) is 0 Å². The van der Waals surface area contributed by atoms with E-state index in [0.717, 1.165) is 6.55 Å². The Labute approximate surface area is 74.3 Å². The third-order valence-corrected chi connectivity index (χ3v) is 2.94. The highest BCUT2D eigenvalue weighted by Gasteiger charge is 2.26. The summed E-state index contributed by atoms with van der Waals surface area (Å²) in [4.78, 5) is 0. The fourth-order valence-electron chi connectivity index (χ4n) is 0.558. The quantitative estimate of drug-likeness (QED) is 0.386. The van der Waals surface area contributed by atoms with E-state index in [1.807, 2.05) is 0 Å². The van der Waals surface area contributed by atoms with Crippen molar-refractivity contribution in [1.29, 1.82) is 0 Å². The smallest absolute Gasteiger partial charge is 0.272 e. The van der Waals surface area contributed by atoms with Gasteiger partial charge in [-0.15, -0.1) is 0 Å². The molecule has 1 unspecified atom stereocenters. The van der Waals surface area contributed by atoms with Crippen LogP contribution >= 0.6 is 0 Å². The molecule has 0 bridgehead atoms. The molecule has 12 heavy (non-hydrogen) atoms. The summed E-state index contributed by atoms with van der Waals surface area (Å²) in [5, 5.41) is 0. The number of halogens is 2. The van der Waals surface area contributed by atoms with Crippen molar-refractivity contribution >= 4 is 20.1 Å². The molecule has 0 aromatic carbocycles. The van der Waals surface area contributed by atoms with Crippen LogP contribution in [0.5, 0.6) is 0 Å². The summed E-state index contributed by atoms with van der Waals surface area (Å²) >= 11 is -1.78. The summed E-state index contributed by atoms with van der Waals surface area (Å²) in [7, 11) is -2.74. The summed E-state index contributed by atoms with van der Waals surface area (Å²) in [6.45, 7) is 1.02. The summed E-state index contributed by atoms with van der Waals surface area (Å²) in [5.41, 5.74) is 0. The Balaban J connectivity index is 3.28. The fourth-order valence-corrected chi connectivity index (χ4v) is 1.67. The van der Waals surface area contributed by atoms with Gasteiger partial charge in [-0.1, -0.05) is 0 Å². The molecular formula is C5H12F2O3SSi. The SMILES string of the molecule is COS(=O)OCCC[Si](C)(F)F. The van der Waals surface area contributed by atoms with Crippen LogP contribution in [-0.4, -0.2) is 26.7 Å². The van der Waals surface area contributed by atoms with E-state index >= 15 is 0 Å². The lowest BCUT2D eigenvalue weighted by atomic mass is 10.5. The normalized spacial score (nSPS) is 14.7. The first-order valence-electron chi connectivity index (χ1n) is 3.43. The molecule has 0 aliphatic heterocycles. The maximum absolute atomic E-state index is 12.3. The lowest BCUT2D eigenvalue weighted by Crippen LogP contribution is -2.16. The Morgan fingerprint density at radius 1 is 1.50 bits per heavy atom. The molecule has 0 rings (SSSR count). The maximum Gasteiger partial charge on any atom is 0.422 e. The van der Waals surface area contributed by atoms with Crippen molar-refractivity contribution in [3.05, 3.63) is 0 Å². The molecule has 0 aliphatic carbocycles. The standard InChI is InChI=1S/C5H12F2O3SSi/c1-9-11(8)10-4-3-5-12(2,6)7/h3-5H2,1-2H3. The Morgan fingerprint density at radius 3 is 2.50 bits per heavy atom. The van der Waals surface area contributed by atoms with Crippen LogP contribution in [0.25, 0.3) is 0 Å². The van der Waals surface area contributed by atoms with Gasteiger partial charge in [0.05, 0.1) is 13.7 Å². The lowest BCUT2D eigenvalue weighted by molar-refractivity contribution is 0.280. The van der Waals surface area contributed by atoms with E-state index in [4.69, 9.17) is 0 Å². The average Bonchev–Trinajstić information content (AvgIpc) is 1.96. The first-order chi connectivity index (χ1) is 5.45. The van der Waals surface area contributed by atoms with E-state index in [-0.39, 0.29) is 19.1 Å². The van der Waals surface area contributed by atoms with Crippen molar-refractivity contribution in [2.24, 2.45) is 0 Å². The van der Waals surface area contributed by atoms with E-state index in [0.29, 0.717) is 0 Å². The predicted octanol–water partition coefficient (Wildman–Crippen LogP) is 1.63. The molecule has 1 atom stereocenters. The molecule has 3 nitrogen and oxygen atoms in total. The second-order valence-electron chi connectivity index (χ2n) is 2.37. The molecule has 0 N–H and O–H groups in total. The van der Waals surface area contributed by atoms with Crippen LogP contribution in [0.4, 0.5) is 8.22 Å². The highest BCUT2D eigenvalue weighted by molar-refractivity contribution is 7.75. The maximum atomic E-state index is 12.3. The third kappa shape index (κ3) is 8.25. The molecule has 0 aromatic heterocycles. The molecule has 0 aliphatic rings. The van der Waals surface area contributed by atoms with Crippen LogP contribution in [-0.2, 0) is 19.7 Å². The highest BCUT2D eigenvalue weighted by Crippen LogP contribution is 2.14. The van der Waals surface area contributed by atoms with Gasteiger partial charge in [0.1, 0.15) is 0 Å². The fraction of sp³-hybridized carbons (Fsp3) is 1.00. The van der Waals surface area contributed by atoms with Gasteiger partial charge in [-0.05, 0) is 13.0 Å². The van der Waals surface area contributed by atoms with Gasteiger partial charge in [0, 0.05) is 6.04 Å². The third-order valence-electron chi connectivity index (χ3n) is 1.08. The van der Waals surface area contributed by atoms with Crippen LogP contribution in [0.3, 0.4) is 0 Å². The Hall–Kier alpha value is 0.147. The van der Waals surface area contributed by atoms with Gasteiger partial charge in [0.2, 0.25) is 0 Å². The Kier molecular flexibility index (Phi) is 5.80. The van der Waals surface area contributed by atoms with E-state index < -0.39 is 20.1 Å². The summed E-state index contributed by atoms with van der Waals surface area (Å²) in [6, 6.07) is -0.131. The molecule has 0 radical (unpaired) electrons. The van der Waals surface area contributed by atoms with Gasteiger partial charge >= 0.3 is 20.1 Å². The molecule has 0 saturated carbocycles. The largest absolute Gasteiger partial charge is 0.422 e. The number of hydrogen-bond acceptors (Lipinski definition) is 3. The van der Waals surface area contributed by atoms with Crippen LogP contribution in [0.2, 0.25) is 12.6 Å². The van der Waals surface area contributed by atoms with Gasteiger partial charge in [-0.2, -0.15) is 4.21 Å². The van der Waals surface area contributed by atoms with Gasteiger partial charge in [-0.3, -0.25) is 16.6 Å². The van der Waals surface area contributed by atoms with Crippen molar-refractivity contribution < 1.29 is 20.8 Å². The zero-order valence-electron chi connectivity index (χ0n) is 7.01. The molecule has 0 fully saturated rings. The van der Waals surface area contributed by atoms with Crippen molar-refractivity contribution in [1.82, 2.24) is 0 Å². The zero-order valence-corrected chi connectivity index (χ0v) is 8.83. The van der Waals surface area contributed by atoms with E-state index in [2.05, 4.69) is 8.37 Å². The minimum atomic E-state index is -3.96. The number of hydrogen-bond donors (Lipinski definition) is 0. The van der Waals surface area contributed by atoms with Crippen LogP contribution in [0, 0.1) is 0 Å². The van der Waals surface area contributed by atoms with E-state index in [9.17, 15) is 12.4 Å². The Morgan fingerprint density at radius 2 is 2.08 bits per heavy atom. The monoisotopic (exact) mass is 218 g/mol. The molecule has 0 aromatic rings. The first-order valence-corrected chi connectivity index (χ1v) is 6.89. The van der Waals surface area contributed by atoms with Crippen LogP contribution < -0.4 is 0 Å². The molecule has 7 heteroatoms. The van der Waals surface area contributed by atoms with Crippen LogP contribution in [0.1, 0.15) is 6.42 Å². The summed E-state index contributed by atoms with van der Waals surface area (Å²) in [6.07, 6.45) is 0.227. The van der Waals surface area contributed by atoms with Crippen molar-refractivity contribution in [3.63, 3.8) is 0 Å². The number of rotatable bonds is 6. The first kappa shape index (κ1) is 12.1. The molecule has 0 heterocycles. The second-order valence-corrected chi connectivity index (χ2v) is 5.98. The Bertz CT molecular complexity index is 150.